The molecule has 4 atom stereocenters. The predicted octanol–water partition coefficient (Wildman–Crippen LogP) is 6.80. The van der Waals surface area contributed by atoms with Gasteiger partial charge in [-0.25, -0.2) is 0 Å². The monoisotopic (exact) mass is 379 g/mol. The van der Waals surface area contributed by atoms with Crippen LogP contribution in [-0.4, -0.2) is 13.8 Å². The zero-order valence-corrected chi connectivity index (χ0v) is 19.1. The molecule has 0 aromatic heterocycles. The third kappa shape index (κ3) is 3.51. The van der Waals surface area contributed by atoms with Gasteiger partial charge in [-0.05, 0) is 92.0 Å². The molecule has 4 rings (SSSR count). The minimum Gasteiger partial charge on any atom is -0.332 e. The number of allylic oxidation sites excluding steroid dienone is 4. The number of benzene rings is 1. The number of hydrogen-bond acceptors (Lipinski definition) is 1. The van der Waals surface area contributed by atoms with Crippen LogP contribution in [0.4, 0.5) is 0 Å². The molecule has 3 aliphatic rings. The molecule has 1 aromatic rings. The first-order valence-corrected chi connectivity index (χ1v) is 14.0. The Morgan fingerprint density at radius 1 is 1.04 bits per heavy atom. The average molecular weight is 380 g/mol. The van der Waals surface area contributed by atoms with Crippen LogP contribution in [0.1, 0.15) is 58.9 Å². The van der Waals surface area contributed by atoms with Crippen molar-refractivity contribution in [3.8, 4) is 0 Å². The van der Waals surface area contributed by atoms with Crippen LogP contribution in [0.2, 0.25) is 18.6 Å². The molecular weight excluding hydrogens is 342 g/mol. The van der Waals surface area contributed by atoms with E-state index in [1.54, 1.807) is 16.7 Å². The van der Waals surface area contributed by atoms with E-state index in [0.717, 1.165) is 23.3 Å². The molecule has 146 valence electrons. The van der Waals surface area contributed by atoms with Gasteiger partial charge in [0.1, 0.15) is 8.24 Å². The highest BCUT2D eigenvalue weighted by atomic mass is 28.3. The van der Waals surface area contributed by atoms with Gasteiger partial charge in [0.2, 0.25) is 0 Å². The highest BCUT2D eigenvalue weighted by Crippen LogP contribution is 2.59. The van der Waals surface area contributed by atoms with Crippen LogP contribution in [0, 0.1) is 17.8 Å². The van der Waals surface area contributed by atoms with Crippen LogP contribution in [0.5, 0.6) is 0 Å². The van der Waals surface area contributed by atoms with E-state index in [1.807, 2.05) is 0 Å². The van der Waals surface area contributed by atoms with Crippen LogP contribution in [-0.2, 0) is 0 Å². The smallest absolute Gasteiger partial charge is 0.123 e. The van der Waals surface area contributed by atoms with Crippen molar-refractivity contribution in [1.82, 2.24) is 4.98 Å². The molecule has 0 heterocycles. The molecule has 2 fully saturated rings. The Bertz CT molecular complexity index is 765. The molecule has 0 saturated heterocycles. The highest BCUT2D eigenvalue weighted by molar-refractivity contribution is 6.76. The normalized spacial score (nSPS) is 31.0. The summed E-state index contributed by atoms with van der Waals surface area (Å²) in [4.78, 5) is 4.11. The minimum absolute atomic E-state index is 0.200. The molecule has 0 spiro atoms. The Balaban J connectivity index is 1.76. The van der Waals surface area contributed by atoms with Gasteiger partial charge in [0.15, 0.2) is 0 Å². The predicted molar refractivity (Wildman–Crippen MR) is 120 cm³/mol. The van der Waals surface area contributed by atoms with Crippen LogP contribution in [0.25, 0.3) is 5.57 Å². The second-order valence-electron chi connectivity index (χ2n) is 10.8. The maximum absolute atomic E-state index is 4.11. The minimum atomic E-state index is -1.57. The van der Waals surface area contributed by atoms with Gasteiger partial charge >= 0.3 is 0 Å². The Labute approximate surface area is 167 Å². The fourth-order valence-electron chi connectivity index (χ4n) is 6.83. The second kappa shape index (κ2) is 6.74. The zero-order chi connectivity index (χ0) is 19.4. The Morgan fingerprint density at radius 3 is 2.41 bits per heavy atom. The SMILES string of the molecule is CC1CC2C(c3ccccc3)=C3CCCC3=CC2C1[Si](C)(C)NC(C)(C)C. The van der Waals surface area contributed by atoms with Crippen molar-refractivity contribution >= 4 is 13.8 Å². The van der Waals surface area contributed by atoms with Crippen LogP contribution in [0.15, 0.2) is 47.6 Å². The van der Waals surface area contributed by atoms with Gasteiger partial charge in [0.25, 0.3) is 0 Å². The van der Waals surface area contributed by atoms with Crippen molar-refractivity contribution in [3.63, 3.8) is 0 Å². The van der Waals surface area contributed by atoms with Gasteiger partial charge in [-0.3, -0.25) is 0 Å². The van der Waals surface area contributed by atoms with E-state index in [2.05, 4.69) is 82.2 Å². The van der Waals surface area contributed by atoms with Crippen LogP contribution < -0.4 is 4.98 Å². The summed E-state index contributed by atoms with van der Waals surface area (Å²) in [6.45, 7) is 14.7. The number of fused-ring (bicyclic) bond motifs is 2. The van der Waals surface area contributed by atoms with E-state index in [0.29, 0.717) is 0 Å². The summed E-state index contributed by atoms with van der Waals surface area (Å²) in [6.07, 6.45) is 8.03. The lowest BCUT2D eigenvalue weighted by Crippen LogP contribution is -2.58. The average Bonchev–Trinajstić information content (AvgIpc) is 3.14. The first-order chi connectivity index (χ1) is 12.7. The standard InChI is InChI=1S/C25H37NSi/c1-17-15-21-22(24(17)27(5,6)26-25(2,3)4)16-19-13-10-14-20(19)23(21)18-11-8-7-9-12-18/h7-9,11-12,16-17,21-22,24,26H,10,13-15H2,1-6H3. The van der Waals surface area contributed by atoms with Crippen LogP contribution in [0.3, 0.4) is 0 Å². The molecule has 1 nitrogen and oxygen atoms in total. The topological polar surface area (TPSA) is 12.0 Å². The number of hydrogen-bond donors (Lipinski definition) is 1. The second-order valence-corrected chi connectivity index (χ2v) is 15.2. The van der Waals surface area contributed by atoms with Crippen molar-refractivity contribution in [1.29, 1.82) is 0 Å². The molecule has 27 heavy (non-hydrogen) atoms. The van der Waals surface area contributed by atoms with Gasteiger partial charge in [0, 0.05) is 5.54 Å². The van der Waals surface area contributed by atoms with E-state index in [4.69, 9.17) is 0 Å². The lowest BCUT2D eigenvalue weighted by Gasteiger charge is -2.43. The summed E-state index contributed by atoms with van der Waals surface area (Å²) in [5.41, 5.74) is 7.62. The molecule has 2 saturated carbocycles. The fourth-order valence-corrected chi connectivity index (χ4v) is 11.8. The molecule has 0 bridgehead atoms. The first kappa shape index (κ1) is 19.2. The summed E-state index contributed by atoms with van der Waals surface area (Å²) >= 11 is 0. The van der Waals surface area contributed by atoms with Crippen LogP contribution >= 0.6 is 0 Å². The summed E-state index contributed by atoms with van der Waals surface area (Å²) in [6, 6.07) is 11.3. The Hall–Kier alpha value is -1.12. The van der Waals surface area contributed by atoms with Gasteiger partial charge in [-0.1, -0.05) is 56.4 Å². The maximum Gasteiger partial charge on any atom is 0.123 e. The third-order valence-corrected chi connectivity index (χ3v) is 11.1. The summed E-state index contributed by atoms with van der Waals surface area (Å²) < 4.78 is 0. The van der Waals surface area contributed by atoms with E-state index in [9.17, 15) is 0 Å². The van der Waals surface area contributed by atoms with Crippen molar-refractivity contribution < 1.29 is 0 Å². The first-order valence-electron chi connectivity index (χ1n) is 11.0. The summed E-state index contributed by atoms with van der Waals surface area (Å²) in [5.74, 6) is 2.24. The number of rotatable bonds is 3. The van der Waals surface area contributed by atoms with Crippen molar-refractivity contribution in [3.05, 3.63) is 53.1 Å². The largest absolute Gasteiger partial charge is 0.332 e. The van der Waals surface area contributed by atoms with Gasteiger partial charge < -0.3 is 4.98 Å². The summed E-state index contributed by atoms with van der Waals surface area (Å²) in [7, 11) is -1.57. The lowest BCUT2D eigenvalue weighted by molar-refractivity contribution is 0.476. The molecule has 1 aromatic carbocycles. The van der Waals surface area contributed by atoms with E-state index < -0.39 is 8.24 Å². The number of nitrogens with one attached hydrogen (secondary N) is 1. The molecule has 2 heteroatoms. The third-order valence-electron chi connectivity index (χ3n) is 7.08. The summed E-state index contributed by atoms with van der Waals surface area (Å²) in [5, 5.41) is 0. The van der Waals surface area contributed by atoms with E-state index in [-0.39, 0.29) is 5.54 Å². The molecule has 0 amide bonds. The molecule has 0 radical (unpaired) electrons. The molecule has 3 aliphatic carbocycles. The van der Waals surface area contributed by atoms with Gasteiger partial charge in [-0.2, -0.15) is 0 Å². The fraction of sp³-hybridized carbons (Fsp3) is 0.600. The molecule has 0 aliphatic heterocycles. The van der Waals surface area contributed by atoms with Crippen molar-refractivity contribution in [2.45, 2.75) is 77.6 Å². The Morgan fingerprint density at radius 2 is 1.74 bits per heavy atom. The van der Waals surface area contributed by atoms with Crippen molar-refractivity contribution in [2.24, 2.45) is 17.8 Å². The van der Waals surface area contributed by atoms with E-state index >= 15 is 0 Å². The molecule has 1 N–H and O–H groups in total. The van der Waals surface area contributed by atoms with Gasteiger partial charge in [-0.15, -0.1) is 0 Å². The Kier molecular flexibility index (Phi) is 4.79. The van der Waals surface area contributed by atoms with Gasteiger partial charge in [0.05, 0.1) is 0 Å². The molecular formula is C25H37NSi. The highest BCUT2D eigenvalue weighted by Gasteiger charge is 2.52. The quantitative estimate of drug-likeness (QED) is 0.569. The van der Waals surface area contributed by atoms with E-state index in [1.165, 1.54) is 31.2 Å². The molecule has 4 unspecified atom stereocenters. The zero-order valence-electron chi connectivity index (χ0n) is 18.1. The van der Waals surface area contributed by atoms with Crippen molar-refractivity contribution in [2.75, 3.05) is 0 Å². The maximum atomic E-state index is 4.11. The lowest BCUT2D eigenvalue weighted by atomic mass is 9.76.